The van der Waals surface area contributed by atoms with Crippen LogP contribution in [0, 0.1) is 0 Å². The zero-order valence-corrected chi connectivity index (χ0v) is 11.5. The van der Waals surface area contributed by atoms with E-state index in [4.69, 9.17) is 5.11 Å². The summed E-state index contributed by atoms with van der Waals surface area (Å²) in [5, 5.41) is 11.9. The number of nitrogens with zero attached hydrogens (tertiary/aromatic N) is 1. The number of hydrogen-bond acceptors (Lipinski definition) is 3. The van der Waals surface area contributed by atoms with E-state index in [9.17, 15) is 9.59 Å². The number of carbonyl (C=O) groups is 2. The van der Waals surface area contributed by atoms with E-state index in [-0.39, 0.29) is 24.5 Å². The highest BCUT2D eigenvalue weighted by molar-refractivity contribution is 5.82. The Balaban J connectivity index is 2.54. The first-order valence-corrected chi connectivity index (χ1v) is 6.69. The normalized spacial score (nSPS) is 18.3. The van der Waals surface area contributed by atoms with Crippen LogP contribution in [0.2, 0.25) is 0 Å². The largest absolute Gasteiger partial charge is 0.480 e. The lowest BCUT2D eigenvalue weighted by molar-refractivity contribution is -0.140. The van der Waals surface area contributed by atoms with Gasteiger partial charge in [-0.1, -0.05) is 12.8 Å². The fraction of sp³-hybridized carbons (Fsp3) is 0.846. The van der Waals surface area contributed by atoms with E-state index in [1.165, 1.54) is 12.8 Å². The van der Waals surface area contributed by atoms with E-state index in [0.717, 1.165) is 12.8 Å². The van der Waals surface area contributed by atoms with Gasteiger partial charge in [0.2, 0.25) is 5.91 Å². The summed E-state index contributed by atoms with van der Waals surface area (Å²) >= 11 is 0. The van der Waals surface area contributed by atoms with Gasteiger partial charge in [0.25, 0.3) is 0 Å². The molecule has 0 bridgehead atoms. The summed E-state index contributed by atoms with van der Waals surface area (Å²) in [5.74, 6) is -0.957. The molecule has 1 aliphatic rings. The molecule has 1 fully saturated rings. The second kappa shape index (κ2) is 6.73. The highest BCUT2D eigenvalue weighted by Crippen LogP contribution is 2.18. The maximum absolute atomic E-state index is 12.1. The lowest BCUT2D eigenvalue weighted by Gasteiger charge is -2.31. The van der Waals surface area contributed by atoms with Gasteiger partial charge in [0.1, 0.15) is 0 Å². The maximum Gasteiger partial charge on any atom is 0.317 e. The number of amides is 1. The fourth-order valence-corrected chi connectivity index (χ4v) is 2.47. The minimum absolute atomic E-state index is 0.0328. The Bertz CT molecular complexity index is 299. The quantitative estimate of drug-likeness (QED) is 0.750. The Morgan fingerprint density at radius 3 is 2.28 bits per heavy atom. The van der Waals surface area contributed by atoms with Gasteiger partial charge < -0.3 is 10.4 Å². The molecule has 0 aromatic heterocycles. The molecule has 0 saturated heterocycles. The number of nitrogens with one attached hydrogen (secondary N) is 1. The van der Waals surface area contributed by atoms with Crippen LogP contribution in [0.1, 0.15) is 46.5 Å². The predicted molar refractivity (Wildman–Crippen MR) is 69.3 cm³/mol. The first-order chi connectivity index (χ1) is 8.41. The van der Waals surface area contributed by atoms with Gasteiger partial charge >= 0.3 is 5.97 Å². The van der Waals surface area contributed by atoms with Gasteiger partial charge in [0, 0.05) is 12.1 Å². The second-order valence-corrected chi connectivity index (χ2v) is 5.33. The topological polar surface area (TPSA) is 69.6 Å². The highest BCUT2D eigenvalue weighted by Gasteiger charge is 2.27. The molecule has 1 saturated carbocycles. The van der Waals surface area contributed by atoms with Gasteiger partial charge in [-0.05, 0) is 33.6 Å². The third-order valence-electron chi connectivity index (χ3n) is 3.56. The van der Waals surface area contributed by atoms with Crippen LogP contribution in [0.15, 0.2) is 0 Å². The van der Waals surface area contributed by atoms with E-state index in [2.05, 4.69) is 5.32 Å². The smallest absolute Gasteiger partial charge is 0.317 e. The van der Waals surface area contributed by atoms with Crippen molar-refractivity contribution < 1.29 is 14.7 Å². The standard InChI is InChI=1S/C13H24N2O3/c1-9(2)15(8-12(16)17)10(3)13(18)14-11-6-4-5-7-11/h9-11H,4-8H2,1-3H3,(H,14,18)(H,16,17). The molecule has 0 aliphatic heterocycles. The minimum atomic E-state index is -0.899. The number of carboxylic acid groups (broad SMARTS) is 1. The van der Waals surface area contributed by atoms with E-state index in [1.54, 1.807) is 11.8 Å². The van der Waals surface area contributed by atoms with Crippen molar-refractivity contribution in [1.82, 2.24) is 10.2 Å². The maximum atomic E-state index is 12.1. The first kappa shape index (κ1) is 15.0. The number of carboxylic acids is 1. The SMILES string of the molecule is CC(C)N(CC(=O)O)C(C)C(=O)NC1CCCC1. The fourth-order valence-electron chi connectivity index (χ4n) is 2.47. The van der Waals surface area contributed by atoms with Crippen LogP contribution < -0.4 is 5.32 Å². The second-order valence-electron chi connectivity index (χ2n) is 5.33. The monoisotopic (exact) mass is 256 g/mol. The lowest BCUT2D eigenvalue weighted by atomic mass is 10.1. The van der Waals surface area contributed by atoms with Crippen molar-refractivity contribution in [2.45, 2.75) is 64.6 Å². The number of carbonyl (C=O) groups excluding carboxylic acids is 1. The summed E-state index contributed by atoms with van der Waals surface area (Å²) < 4.78 is 0. The van der Waals surface area contributed by atoms with E-state index >= 15 is 0 Å². The lowest BCUT2D eigenvalue weighted by Crippen LogP contribution is -2.51. The first-order valence-electron chi connectivity index (χ1n) is 6.69. The van der Waals surface area contributed by atoms with Gasteiger partial charge in [-0.3, -0.25) is 14.5 Å². The molecule has 0 aromatic carbocycles. The van der Waals surface area contributed by atoms with E-state index in [1.807, 2.05) is 13.8 Å². The Kier molecular flexibility index (Phi) is 5.59. The van der Waals surface area contributed by atoms with Crippen molar-refractivity contribution in [3.05, 3.63) is 0 Å². The molecule has 1 aliphatic carbocycles. The Morgan fingerprint density at radius 1 is 1.28 bits per heavy atom. The summed E-state index contributed by atoms with van der Waals surface area (Å²) in [6.45, 7) is 5.48. The molecule has 2 N–H and O–H groups in total. The van der Waals surface area contributed by atoms with Gasteiger partial charge in [-0.15, -0.1) is 0 Å². The highest BCUT2D eigenvalue weighted by atomic mass is 16.4. The third-order valence-corrected chi connectivity index (χ3v) is 3.56. The Hall–Kier alpha value is -1.10. The van der Waals surface area contributed by atoms with Crippen molar-refractivity contribution in [3.63, 3.8) is 0 Å². The molecule has 18 heavy (non-hydrogen) atoms. The molecule has 1 atom stereocenters. The molecule has 0 spiro atoms. The summed E-state index contributed by atoms with van der Waals surface area (Å²) in [6.07, 6.45) is 4.42. The van der Waals surface area contributed by atoms with Crippen LogP contribution in [0.4, 0.5) is 0 Å². The van der Waals surface area contributed by atoms with Gasteiger partial charge in [0.05, 0.1) is 12.6 Å². The molecular formula is C13H24N2O3. The third kappa shape index (κ3) is 4.29. The molecule has 0 aromatic rings. The van der Waals surface area contributed by atoms with Crippen molar-refractivity contribution in [2.75, 3.05) is 6.54 Å². The molecule has 0 heterocycles. The van der Waals surface area contributed by atoms with Crippen LogP contribution in [0.5, 0.6) is 0 Å². The zero-order chi connectivity index (χ0) is 13.7. The molecule has 5 heteroatoms. The number of hydrogen-bond donors (Lipinski definition) is 2. The van der Waals surface area contributed by atoms with Crippen LogP contribution in [-0.4, -0.2) is 46.6 Å². The number of aliphatic carboxylic acids is 1. The van der Waals surface area contributed by atoms with Crippen LogP contribution in [0.3, 0.4) is 0 Å². The van der Waals surface area contributed by atoms with Gasteiger partial charge in [-0.2, -0.15) is 0 Å². The predicted octanol–water partition coefficient (Wildman–Crippen LogP) is 1.23. The van der Waals surface area contributed by atoms with Crippen molar-refractivity contribution in [3.8, 4) is 0 Å². The Labute approximate surface area is 109 Å². The van der Waals surface area contributed by atoms with Crippen LogP contribution in [-0.2, 0) is 9.59 Å². The molecule has 1 rings (SSSR count). The van der Waals surface area contributed by atoms with Crippen LogP contribution in [0.25, 0.3) is 0 Å². The van der Waals surface area contributed by atoms with Crippen LogP contribution >= 0.6 is 0 Å². The van der Waals surface area contributed by atoms with Gasteiger partial charge in [0.15, 0.2) is 0 Å². The molecule has 1 unspecified atom stereocenters. The van der Waals surface area contributed by atoms with Crippen molar-refractivity contribution in [2.24, 2.45) is 0 Å². The van der Waals surface area contributed by atoms with Crippen molar-refractivity contribution in [1.29, 1.82) is 0 Å². The van der Waals surface area contributed by atoms with E-state index < -0.39 is 12.0 Å². The number of rotatable bonds is 6. The summed E-state index contributed by atoms with van der Waals surface area (Å²) in [4.78, 5) is 24.6. The average Bonchev–Trinajstić information content (AvgIpc) is 2.77. The molecule has 1 amide bonds. The molecule has 104 valence electrons. The van der Waals surface area contributed by atoms with Crippen molar-refractivity contribution >= 4 is 11.9 Å². The average molecular weight is 256 g/mol. The Morgan fingerprint density at radius 2 is 1.83 bits per heavy atom. The summed E-state index contributed by atoms with van der Waals surface area (Å²) in [5.41, 5.74) is 0. The molecule has 5 nitrogen and oxygen atoms in total. The van der Waals surface area contributed by atoms with E-state index in [0.29, 0.717) is 0 Å². The summed E-state index contributed by atoms with van der Waals surface area (Å²) in [7, 11) is 0. The minimum Gasteiger partial charge on any atom is -0.480 e. The van der Waals surface area contributed by atoms with Gasteiger partial charge in [-0.25, -0.2) is 0 Å². The summed E-state index contributed by atoms with van der Waals surface area (Å²) in [6, 6.07) is -0.0917. The molecule has 0 radical (unpaired) electrons. The zero-order valence-electron chi connectivity index (χ0n) is 11.5. The molecular weight excluding hydrogens is 232 g/mol.